The highest BCUT2D eigenvalue weighted by Crippen LogP contribution is 2.27. The van der Waals surface area contributed by atoms with E-state index in [9.17, 15) is 30.1 Å². The number of hydrogen-bond acceptors (Lipinski definition) is 8. The number of nitrogens with zero attached hydrogens (tertiary/aromatic N) is 5. The van der Waals surface area contributed by atoms with Crippen molar-refractivity contribution in [3.05, 3.63) is 91.8 Å². The third kappa shape index (κ3) is 3.44. The summed E-state index contributed by atoms with van der Waals surface area (Å²) in [6.07, 6.45) is 1.28. The van der Waals surface area contributed by atoms with Crippen molar-refractivity contribution in [2.75, 3.05) is 0 Å². The first-order chi connectivity index (χ1) is 14.8. The van der Waals surface area contributed by atoms with Gasteiger partial charge in [-0.15, -0.1) is 0 Å². The number of aromatic nitrogens is 3. The summed E-state index contributed by atoms with van der Waals surface area (Å²) >= 11 is 0. The number of nitro groups is 2. The fourth-order valence-corrected chi connectivity index (χ4v) is 3.14. The Bertz CT molecular complexity index is 1380. The van der Waals surface area contributed by atoms with Gasteiger partial charge in [-0.3, -0.25) is 25.0 Å². The molecule has 11 heteroatoms. The molecule has 11 nitrogen and oxygen atoms in total. The number of carbonyl (C=O) groups excluding carboxylic acids is 1. The van der Waals surface area contributed by atoms with E-state index in [0.29, 0.717) is 22.4 Å². The van der Waals surface area contributed by atoms with Gasteiger partial charge in [-0.25, -0.2) is 9.67 Å². The van der Waals surface area contributed by atoms with E-state index in [2.05, 4.69) is 10.1 Å². The number of hydrogen-bond donors (Lipinski definition) is 1. The molecule has 2 heterocycles. The highest BCUT2D eigenvalue weighted by atomic mass is 16.6. The van der Waals surface area contributed by atoms with Crippen molar-refractivity contribution in [2.24, 2.45) is 0 Å². The number of rotatable bonds is 5. The molecular weight excluding hydrogens is 406 g/mol. The van der Waals surface area contributed by atoms with Gasteiger partial charge in [-0.2, -0.15) is 5.10 Å². The number of phenolic OH excluding ortho intramolecular Hbond substituents is 1. The van der Waals surface area contributed by atoms with Crippen molar-refractivity contribution in [2.45, 2.75) is 6.92 Å². The SMILES string of the molecule is Cc1nn(-c2ccc([N+](=O)[O-])cc2)c2ncc(C(=O)c3cc([N+](=O)[O-])ccc3O)cc12. The zero-order valence-electron chi connectivity index (χ0n) is 15.9. The van der Waals surface area contributed by atoms with Crippen LogP contribution in [-0.4, -0.2) is 35.5 Å². The Morgan fingerprint density at radius 3 is 2.29 bits per heavy atom. The molecule has 0 aliphatic heterocycles. The second-order valence-corrected chi connectivity index (χ2v) is 6.65. The van der Waals surface area contributed by atoms with Crippen molar-refractivity contribution in [1.82, 2.24) is 14.8 Å². The van der Waals surface area contributed by atoms with E-state index >= 15 is 0 Å². The molecular formula is C20H13N5O6. The molecule has 0 atom stereocenters. The summed E-state index contributed by atoms with van der Waals surface area (Å²) in [6, 6.07) is 10.5. The van der Waals surface area contributed by atoms with Gasteiger partial charge in [0.05, 0.1) is 26.8 Å². The van der Waals surface area contributed by atoms with Gasteiger partial charge in [0.15, 0.2) is 11.4 Å². The molecule has 0 amide bonds. The number of aryl methyl sites for hydroxylation is 1. The number of phenols is 1. The van der Waals surface area contributed by atoms with E-state index in [1.54, 1.807) is 6.92 Å². The number of carbonyl (C=O) groups is 1. The molecule has 0 spiro atoms. The molecule has 0 radical (unpaired) electrons. The number of non-ortho nitro benzene ring substituents is 2. The maximum absolute atomic E-state index is 12.9. The second-order valence-electron chi connectivity index (χ2n) is 6.65. The predicted molar refractivity (Wildman–Crippen MR) is 108 cm³/mol. The number of pyridine rings is 1. The van der Waals surface area contributed by atoms with Gasteiger partial charge < -0.3 is 5.11 Å². The first-order valence-corrected chi connectivity index (χ1v) is 8.88. The summed E-state index contributed by atoms with van der Waals surface area (Å²) < 4.78 is 1.49. The molecule has 0 aliphatic rings. The molecule has 1 N–H and O–H groups in total. The fraction of sp³-hybridized carbons (Fsp3) is 0.0500. The standard InChI is InChI=1S/C20H13N5O6/c1-11-16-8-12(19(27)17-9-15(25(30)31)6-7-18(17)26)10-21-20(16)23(22-11)13-2-4-14(5-3-13)24(28)29/h2-10,26H,1H3. The quantitative estimate of drug-likeness (QED) is 0.293. The Kier molecular flexibility index (Phi) is 4.62. The lowest BCUT2D eigenvalue weighted by Gasteiger charge is -2.05. The number of benzene rings is 2. The summed E-state index contributed by atoms with van der Waals surface area (Å²) in [7, 11) is 0. The lowest BCUT2D eigenvalue weighted by Crippen LogP contribution is -2.04. The van der Waals surface area contributed by atoms with Crippen LogP contribution in [0.25, 0.3) is 16.7 Å². The third-order valence-electron chi connectivity index (χ3n) is 4.71. The van der Waals surface area contributed by atoms with Gasteiger partial charge in [-0.1, -0.05) is 0 Å². The van der Waals surface area contributed by atoms with E-state index < -0.39 is 15.6 Å². The van der Waals surface area contributed by atoms with Crippen LogP contribution in [0, 0.1) is 27.2 Å². The lowest BCUT2D eigenvalue weighted by atomic mass is 10.0. The van der Waals surface area contributed by atoms with Crippen LogP contribution >= 0.6 is 0 Å². The molecule has 31 heavy (non-hydrogen) atoms. The van der Waals surface area contributed by atoms with Gasteiger partial charge in [0.25, 0.3) is 11.4 Å². The van der Waals surface area contributed by atoms with Crippen molar-refractivity contribution < 1.29 is 19.7 Å². The first kappa shape index (κ1) is 19.6. The smallest absolute Gasteiger partial charge is 0.270 e. The zero-order valence-corrected chi connectivity index (χ0v) is 15.9. The van der Waals surface area contributed by atoms with Crippen LogP contribution in [0.15, 0.2) is 54.7 Å². The molecule has 4 rings (SSSR count). The summed E-state index contributed by atoms with van der Waals surface area (Å²) in [5, 5.41) is 36.8. The molecule has 154 valence electrons. The number of aromatic hydroxyl groups is 1. The molecule has 0 unspecified atom stereocenters. The lowest BCUT2D eigenvalue weighted by molar-refractivity contribution is -0.385. The van der Waals surface area contributed by atoms with E-state index in [1.807, 2.05) is 0 Å². The van der Waals surface area contributed by atoms with Crippen LogP contribution in [0.4, 0.5) is 11.4 Å². The van der Waals surface area contributed by atoms with Crippen LogP contribution in [0.5, 0.6) is 5.75 Å². The van der Waals surface area contributed by atoms with Crippen LogP contribution in [0.3, 0.4) is 0 Å². The average Bonchev–Trinajstić information content (AvgIpc) is 3.09. The minimum absolute atomic E-state index is 0.0606. The van der Waals surface area contributed by atoms with Gasteiger partial charge in [0.2, 0.25) is 0 Å². The fourth-order valence-electron chi connectivity index (χ4n) is 3.14. The van der Waals surface area contributed by atoms with Crippen molar-refractivity contribution in [1.29, 1.82) is 0 Å². The molecule has 4 aromatic rings. The van der Waals surface area contributed by atoms with Crippen molar-refractivity contribution in [3.8, 4) is 11.4 Å². The third-order valence-corrected chi connectivity index (χ3v) is 4.71. The molecule has 2 aromatic heterocycles. The summed E-state index contributed by atoms with van der Waals surface area (Å²) in [5.74, 6) is -1.01. The Labute approximate surface area is 173 Å². The number of nitro benzene ring substituents is 2. The maximum Gasteiger partial charge on any atom is 0.270 e. The molecule has 0 saturated carbocycles. The zero-order chi connectivity index (χ0) is 22.3. The largest absolute Gasteiger partial charge is 0.507 e. The molecule has 2 aromatic carbocycles. The van der Waals surface area contributed by atoms with E-state index in [0.717, 1.165) is 18.2 Å². The Balaban J connectivity index is 1.77. The van der Waals surface area contributed by atoms with E-state index in [-0.39, 0.29) is 28.3 Å². The minimum Gasteiger partial charge on any atom is -0.507 e. The monoisotopic (exact) mass is 419 g/mol. The average molecular weight is 419 g/mol. The molecule has 0 saturated heterocycles. The Morgan fingerprint density at radius 1 is 1.00 bits per heavy atom. The number of fused-ring (bicyclic) bond motifs is 1. The van der Waals surface area contributed by atoms with E-state index in [4.69, 9.17) is 0 Å². The van der Waals surface area contributed by atoms with Crippen LogP contribution < -0.4 is 0 Å². The van der Waals surface area contributed by atoms with Gasteiger partial charge in [0.1, 0.15) is 5.75 Å². The summed E-state index contributed by atoms with van der Waals surface area (Å²) in [5.41, 5.74) is 1.05. The first-order valence-electron chi connectivity index (χ1n) is 8.88. The predicted octanol–water partition coefficient (Wildman–Crippen LogP) is 3.48. The van der Waals surface area contributed by atoms with Crippen LogP contribution in [0.2, 0.25) is 0 Å². The van der Waals surface area contributed by atoms with Crippen molar-refractivity contribution in [3.63, 3.8) is 0 Å². The van der Waals surface area contributed by atoms with Gasteiger partial charge in [0, 0.05) is 41.4 Å². The molecule has 0 bridgehead atoms. The highest BCUT2D eigenvalue weighted by Gasteiger charge is 2.20. The number of ketones is 1. The Hall–Kier alpha value is -4.67. The second kappa shape index (κ2) is 7.30. The summed E-state index contributed by atoms with van der Waals surface area (Å²) in [4.78, 5) is 37.8. The topological polar surface area (TPSA) is 154 Å². The van der Waals surface area contributed by atoms with Crippen LogP contribution in [0.1, 0.15) is 21.6 Å². The van der Waals surface area contributed by atoms with Crippen molar-refractivity contribution >= 4 is 28.2 Å². The molecule has 0 aliphatic carbocycles. The van der Waals surface area contributed by atoms with Gasteiger partial charge in [-0.05, 0) is 31.2 Å². The Morgan fingerprint density at radius 2 is 1.65 bits per heavy atom. The van der Waals surface area contributed by atoms with E-state index in [1.165, 1.54) is 41.2 Å². The minimum atomic E-state index is -0.657. The van der Waals surface area contributed by atoms with Gasteiger partial charge >= 0.3 is 0 Å². The molecule has 0 fully saturated rings. The maximum atomic E-state index is 12.9. The summed E-state index contributed by atoms with van der Waals surface area (Å²) in [6.45, 7) is 1.71. The normalized spacial score (nSPS) is 10.9. The van der Waals surface area contributed by atoms with Crippen LogP contribution in [-0.2, 0) is 0 Å². The highest BCUT2D eigenvalue weighted by molar-refractivity contribution is 6.12.